The highest BCUT2D eigenvalue weighted by molar-refractivity contribution is 14.1. The van der Waals surface area contributed by atoms with Crippen LogP contribution in [0.4, 0.5) is 0 Å². The highest BCUT2D eigenvalue weighted by Crippen LogP contribution is 2.32. The molecule has 0 amide bonds. The van der Waals surface area contributed by atoms with Crippen molar-refractivity contribution in [3.63, 3.8) is 0 Å². The Morgan fingerprint density at radius 2 is 1.59 bits per heavy atom. The summed E-state index contributed by atoms with van der Waals surface area (Å²) in [6.45, 7) is 0. The zero-order valence-electron chi connectivity index (χ0n) is 12.0. The van der Waals surface area contributed by atoms with Crippen molar-refractivity contribution >= 4 is 46.3 Å². The number of rotatable bonds is 4. The summed E-state index contributed by atoms with van der Waals surface area (Å²) >= 11 is 3.67. The van der Waals surface area contributed by atoms with E-state index in [1.165, 1.54) is 32.0 Å². The topological polar surface area (TPSA) is 52.6 Å². The second-order valence-corrected chi connectivity index (χ2v) is 6.61. The van der Waals surface area contributed by atoms with Crippen molar-refractivity contribution in [1.29, 1.82) is 0 Å². The summed E-state index contributed by atoms with van der Waals surface area (Å²) in [7, 11) is 2.61. The molecule has 0 spiro atoms. The van der Waals surface area contributed by atoms with Crippen LogP contribution in [0.5, 0.6) is 0 Å². The molecular formula is C16H13IO4S. The molecule has 0 radical (unpaired) electrons. The van der Waals surface area contributed by atoms with Gasteiger partial charge < -0.3 is 9.47 Å². The maximum atomic E-state index is 12.0. The van der Waals surface area contributed by atoms with Gasteiger partial charge in [-0.1, -0.05) is 11.8 Å². The van der Waals surface area contributed by atoms with Crippen LogP contribution in [0, 0.1) is 3.57 Å². The van der Waals surface area contributed by atoms with Gasteiger partial charge in [0.15, 0.2) is 0 Å². The molecular weight excluding hydrogens is 415 g/mol. The number of ether oxygens (including phenoxy) is 2. The van der Waals surface area contributed by atoms with Crippen molar-refractivity contribution in [2.45, 2.75) is 9.79 Å². The number of halogens is 1. The van der Waals surface area contributed by atoms with Gasteiger partial charge in [-0.15, -0.1) is 0 Å². The largest absolute Gasteiger partial charge is 0.465 e. The first-order chi connectivity index (χ1) is 10.5. The molecule has 4 nitrogen and oxygen atoms in total. The standard InChI is InChI=1S/C16H13IO4S/c1-20-15(18)10-3-8-14(13(9-10)16(19)21-2)22-12-6-4-11(17)5-7-12/h3-9H,1-2H3. The van der Waals surface area contributed by atoms with E-state index in [-0.39, 0.29) is 0 Å². The Kier molecular flexibility index (Phi) is 5.84. The van der Waals surface area contributed by atoms with Gasteiger partial charge in [-0.3, -0.25) is 0 Å². The van der Waals surface area contributed by atoms with Gasteiger partial charge in [0.2, 0.25) is 0 Å². The molecule has 0 aliphatic heterocycles. The molecule has 0 saturated carbocycles. The lowest BCUT2D eigenvalue weighted by atomic mass is 10.1. The monoisotopic (exact) mass is 428 g/mol. The van der Waals surface area contributed by atoms with E-state index in [2.05, 4.69) is 27.3 Å². The van der Waals surface area contributed by atoms with Gasteiger partial charge in [-0.2, -0.15) is 0 Å². The summed E-state index contributed by atoms with van der Waals surface area (Å²) in [6.07, 6.45) is 0. The van der Waals surface area contributed by atoms with E-state index < -0.39 is 11.9 Å². The van der Waals surface area contributed by atoms with Gasteiger partial charge >= 0.3 is 11.9 Å². The molecule has 22 heavy (non-hydrogen) atoms. The zero-order chi connectivity index (χ0) is 16.1. The van der Waals surface area contributed by atoms with Crippen LogP contribution >= 0.6 is 34.4 Å². The lowest BCUT2D eigenvalue weighted by Gasteiger charge is -2.09. The summed E-state index contributed by atoms with van der Waals surface area (Å²) in [5, 5.41) is 0. The van der Waals surface area contributed by atoms with Crippen LogP contribution in [-0.2, 0) is 9.47 Å². The second kappa shape index (κ2) is 7.64. The number of hydrogen-bond acceptors (Lipinski definition) is 5. The molecule has 0 N–H and O–H groups in total. The molecule has 0 aliphatic carbocycles. The Morgan fingerprint density at radius 1 is 0.955 bits per heavy atom. The van der Waals surface area contributed by atoms with Crippen LogP contribution in [0.2, 0.25) is 0 Å². The van der Waals surface area contributed by atoms with Gasteiger partial charge in [0.05, 0.1) is 25.3 Å². The third-order valence-corrected chi connectivity index (χ3v) is 4.65. The molecule has 0 saturated heterocycles. The summed E-state index contributed by atoms with van der Waals surface area (Å²) < 4.78 is 10.6. The molecule has 0 aromatic heterocycles. The zero-order valence-corrected chi connectivity index (χ0v) is 14.9. The van der Waals surface area contributed by atoms with Crippen molar-refractivity contribution in [2.75, 3.05) is 14.2 Å². The van der Waals surface area contributed by atoms with Crippen LogP contribution in [0.25, 0.3) is 0 Å². The predicted molar refractivity (Wildman–Crippen MR) is 92.4 cm³/mol. The number of hydrogen-bond donors (Lipinski definition) is 0. The van der Waals surface area contributed by atoms with Crippen molar-refractivity contribution in [2.24, 2.45) is 0 Å². The summed E-state index contributed by atoms with van der Waals surface area (Å²) in [4.78, 5) is 25.3. The molecule has 2 rings (SSSR count). The van der Waals surface area contributed by atoms with Gasteiger partial charge in [-0.25, -0.2) is 9.59 Å². The predicted octanol–water partition coefficient (Wildman–Crippen LogP) is 4.02. The van der Waals surface area contributed by atoms with Crippen molar-refractivity contribution in [1.82, 2.24) is 0 Å². The minimum Gasteiger partial charge on any atom is -0.465 e. The molecule has 0 fully saturated rings. The van der Waals surface area contributed by atoms with E-state index in [0.717, 1.165) is 13.4 Å². The van der Waals surface area contributed by atoms with E-state index >= 15 is 0 Å². The quantitative estimate of drug-likeness (QED) is 0.544. The maximum Gasteiger partial charge on any atom is 0.339 e. The molecule has 2 aromatic carbocycles. The molecule has 114 valence electrons. The maximum absolute atomic E-state index is 12.0. The van der Waals surface area contributed by atoms with Crippen LogP contribution < -0.4 is 0 Å². The third-order valence-electron chi connectivity index (χ3n) is 2.85. The Balaban J connectivity index is 2.39. The average molecular weight is 428 g/mol. The fourth-order valence-corrected chi connectivity index (χ4v) is 3.04. The fourth-order valence-electron chi connectivity index (χ4n) is 1.76. The van der Waals surface area contributed by atoms with E-state index in [1.54, 1.807) is 12.1 Å². The van der Waals surface area contributed by atoms with E-state index in [4.69, 9.17) is 4.74 Å². The van der Waals surface area contributed by atoms with E-state index in [9.17, 15) is 9.59 Å². The molecule has 0 atom stereocenters. The number of carbonyl (C=O) groups is 2. The summed E-state index contributed by atoms with van der Waals surface area (Å²) in [5.41, 5.74) is 0.656. The molecule has 0 heterocycles. The number of benzene rings is 2. The lowest BCUT2D eigenvalue weighted by Crippen LogP contribution is -2.07. The Morgan fingerprint density at radius 3 is 2.18 bits per heavy atom. The van der Waals surface area contributed by atoms with Gasteiger partial charge in [0.25, 0.3) is 0 Å². The first kappa shape index (κ1) is 16.8. The minimum absolute atomic E-state index is 0.315. The van der Waals surface area contributed by atoms with Crippen molar-refractivity contribution < 1.29 is 19.1 Å². The first-order valence-electron chi connectivity index (χ1n) is 6.29. The smallest absolute Gasteiger partial charge is 0.339 e. The van der Waals surface area contributed by atoms with Gasteiger partial charge in [0, 0.05) is 13.4 Å². The third kappa shape index (κ3) is 4.01. The summed E-state index contributed by atoms with van der Waals surface area (Å²) in [6, 6.07) is 12.8. The highest BCUT2D eigenvalue weighted by Gasteiger charge is 2.16. The number of carbonyl (C=O) groups excluding carboxylic acids is 2. The van der Waals surface area contributed by atoms with E-state index in [0.29, 0.717) is 11.1 Å². The minimum atomic E-state index is -0.490. The SMILES string of the molecule is COC(=O)c1ccc(Sc2ccc(I)cc2)c(C(=O)OC)c1. The Labute approximate surface area is 146 Å². The van der Waals surface area contributed by atoms with Crippen LogP contribution in [0.15, 0.2) is 52.3 Å². The molecule has 0 unspecified atom stereocenters. The average Bonchev–Trinajstić information content (AvgIpc) is 2.55. The van der Waals surface area contributed by atoms with Crippen LogP contribution in [-0.4, -0.2) is 26.2 Å². The fraction of sp³-hybridized carbons (Fsp3) is 0.125. The Hall–Kier alpha value is -1.54. The van der Waals surface area contributed by atoms with Crippen molar-refractivity contribution in [3.8, 4) is 0 Å². The van der Waals surface area contributed by atoms with Gasteiger partial charge in [-0.05, 0) is 65.1 Å². The van der Waals surface area contributed by atoms with Crippen LogP contribution in [0.3, 0.4) is 0 Å². The molecule has 0 aliphatic rings. The van der Waals surface area contributed by atoms with Gasteiger partial charge in [0.1, 0.15) is 0 Å². The van der Waals surface area contributed by atoms with E-state index in [1.807, 2.05) is 24.3 Å². The highest BCUT2D eigenvalue weighted by atomic mass is 127. The number of methoxy groups -OCH3 is 2. The lowest BCUT2D eigenvalue weighted by molar-refractivity contribution is 0.0596. The first-order valence-corrected chi connectivity index (χ1v) is 8.18. The van der Waals surface area contributed by atoms with Crippen molar-refractivity contribution in [3.05, 3.63) is 57.2 Å². The Bertz CT molecular complexity index is 698. The molecule has 6 heteroatoms. The molecule has 0 bridgehead atoms. The molecule has 2 aromatic rings. The normalized spacial score (nSPS) is 10.1. The number of esters is 2. The summed E-state index contributed by atoms with van der Waals surface area (Å²) in [5.74, 6) is -0.977. The van der Waals surface area contributed by atoms with Crippen LogP contribution in [0.1, 0.15) is 20.7 Å². The second-order valence-electron chi connectivity index (χ2n) is 4.25.